The van der Waals surface area contributed by atoms with Gasteiger partial charge in [-0.2, -0.15) is 0 Å². The Morgan fingerprint density at radius 2 is 2.00 bits per heavy atom. The minimum absolute atomic E-state index is 0.149. The highest BCUT2D eigenvalue weighted by Crippen LogP contribution is 2.14. The van der Waals surface area contributed by atoms with E-state index in [1.54, 1.807) is 0 Å². The zero-order valence-corrected chi connectivity index (χ0v) is 8.59. The smallest absolute Gasteiger partial charge is 0.241 e. The van der Waals surface area contributed by atoms with Gasteiger partial charge in [-0.05, 0) is 31.5 Å². The van der Waals surface area contributed by atoms with Crippen LogP contribution in [0.1, 0.15) is 12.8 Å². The standard InChI is InChI=1S/C11H12F2N2O/c12-7-4-8(13)6-9(5-7)15-11(16)10-2-1-3-14-10/h4-6,10,14H,1-3H2,(H,15,16)/t10-/m0/s1. The maximum Gasteiger partial charge on any atom is 0.241 e. The van der Waals surface area contributed by atoms with E-state index in [9.17, 15) is 13.6 Å². The number of amides is 1. The van der Waals surface area contributed by atoms with Gasteiger partial charge in [0.15, 0.2) is 0 Å². The molecule has 1 amide bonds. The number of hydrogen-bond donors (Lipinski definition) is 2. The Kier molecular flexibility index (Phi) is 3.14. The normalized spacial score (nSPS) is 19.8. The number of carbonyl (C=O) groups excluding carboxylic acids is 1. The summed E-state index contributed by atoms with van der Waals surface area (Å²) >= 11 is 0. The van der Waals surface area contributed by atoms with Crippen molar-refractivity contribution in [2.75, 3.05) is 11.9 Å². The second kappa shape index (κ2) is 4.57. The first-order valence-electron chi connectivity index (χ1n) is 5.15. The van der Waals surface area contributed by atoms with Gasteiger partial charge in [-0.1, -0.05) is 0 Å². The van der Waals surface area contributed by atoms with E-state index in [0.717, 1.165) is 37.6 Å². The lowest BCUT2D eigenvalue weighted by atomic mass is 10.2. The van der Waals surface area contributed by atoms with Crippen molar-refractivity contribution in [1.29, 1.82) is 0 Å². The average Bonchev–Trinajstić information content (AvgIpc) is 2.68. The largest absolute Gasteiger partial charge is 0.325 e. The fourth-order valence-corrected chi connectivity index (χ4v) is 1.76. The minimum atomic E-state index is -0.699. The van der Waals surface area contributed by atoms with E-state index < -0.39 is 11.6 Å². The Bertz CT molecular complexity index is 383. The number of carbonyl (C=O) groups is 1. The Hall–Kier alpha value is -1.49. The molecule has 2 N–H and O–H groups in total. The molecular formula is C11H12F2N2O. The molecule has 0 aromatic heterocycles. The monoisotopic (exact) mass is 226 g/mol. The van der Waals surface area contributed by atoms with Crippen LogP contribution in [0.25, 0.3) is 0 Å². The number of nitrogens with one attached hydrogen (secondary N) is 2. The molecule has 0 spiro atoms. The highest BCUT2D eigenvalue weighted by Gasteiger charge is 2.22. The number of rotatable bonds is 2. The Morgan fingerprint density at radius 1 is 1.31 bits per heavy atom. The molecule has 2 rings (SSSR count). The highest BCUT2D eigenvalue weighted by molar-refractivity contribution is 5.94. The predicted octanol–water partition coefficient (Wildman–Crippen LogP) is 1.66. The number of hydrogen-bond acceptors (Lipinski definition) is 2. The van der Waals surface area contributed by atoms with Gasteiger partial charge in [-0.3, -0.25) is 4.79 Å². The average molecular weight is 226 g/mol. The van der Waals surface area contributed by atoms with E-state index in [4.69, 9.17) is 0 Å². The lowest BCUT2D eigenvalue weighted by Gasteiger charge is -2.11. The van der Waals surface area contributed by atoms with Gasteiger partial charge in [-0.25, -0.2) is 8.78 Å². The molecule has 1 aromatic carbocycles. The summed E-state index contributed by atoms with van der Waals surface area (Å²) < 4.78 is 25.7. The Balaban J connectivity index is 2.05. The molecule has 1 aliphatic heterocycles. The van der Waals surface area contributed by atoms with Gasteiger partial charge in [0.05, 0.1) is 6.04 Å². The van der Waals surface area contributed by atoms with E-state index in [-0.39, 0.29) is 17.6 Å². The molecule has 5 heteroatoms. The number of benzene rings is 1. The van der Waals surface area contributed by atoms with Gasteiger partial charge in [0.25, 0.3) is 0 Å². The fraction of sp³-hybridized carbons (Fsp3) is 0.364. The molecule has 1 atom stereocenters. The molecule has 0 aliphatic carbocycles. The van der Waals surface area contributed by atoms with Crippen LogP contribution in [0.2, 0.25) is 0 Å². The number of anilines is 1. The molecule has 0 bridgehead atoms. The van der Waals surface area contributed by atoms with Gasteiger partial charge in [0.1, 0.15) is 11.6 Å². The minimum Gasteiger partial charge on any atom is -0.325 e. The topological polar surface area (TPSA) is 41.1 Å². The summed E-state index contributed by atoms with van der Waals surface area (Å²) in [4.78, 5) is 11.6. The molecule has 1 aliphatic rings. The first kappa shape index (κ1) is 11.0. The third kappa shape index (κ3) is 2.55. The van der Waals surface area contributed by atoms with Gasteiger partial charge >= 0.3 is 0 Å². The predicted molar refractivity (Wildman–Crippen MR) is 56.0 cm³/mol. The molecule has 3 nitrogen and oxygen atoms in total. The third-order valence-electron chi connectivity index (χ3n) is 2.51. The van der Waals surface area contributed by atoms with Crippen molar-refractivity contribution in [2.24, 2.45) is 0 Å². The van der Waals surface area contributed by atoms with Gasteiger partial charge < -0.3 is 10.6 Å². The zero-order chi connectivity index (χ0) is 11.5. The second-order valence-electron chi connectivity index (χ2n) is 3.80. The highest BCUT2D eigenvalue weighted by atomic mass is 19.1. The van der Waals surface area contributed by atoms with Crippen LogP contribution >= 0.6 is 0 Å². The SMILES string of the molecule is O=C(Nc1cc(F)cc(F)c1)[C@@H]1CCCN1. The van der Waals surface area contributed by atoms with Crippen LogP contribution in [0.3, 0.4) is 0 Å². The number of halogens is 2. The summed E-state index contributed by atoms with van der Waals surface area (Å²) in [6, 6.07) is 2.70. The molecule has 0 radical (unpaired) electrons. The van der Waals surface area contributed by atoms with Gasteiger partial charge in [-0.15, -0.1) is 0 Å². The summed E-state index contributed by atoms with van der Waals surface area (Å²) in [6.45, 7) is 0.801. The van der Waals surface area contributed by atoms with Crippen molar-refractivity contribution in [1.82, 2.24) is 5.32 Å². The first-order chi connectivity index (χ1) is 7.65. The maximum absolute atomic E-state index is 12.8. The van der Waals surface area contributed by atoms with Crippen LogP contribution in [0.4, 0.5) is 14.5 Å². The van der Waals surface area contributed by atoms with Crippen LogP contribution in [-0.2, 0) is 4.79 Å². The van der Waals surface area contributed by atoms with Crippen LogP contribution < -0.4 is 10.6 Å². The Labute approximate surface area is 91.8 Å². The summed E-state index contributed by atoms with van der Waals surface area (Å²) in [5.74, 6) is -1.65. The van der Waals surface area contributed by atoms with Crippen molar-refractivity contribution in [3.05, 3.63) is 29.8 Å². The van der Waals surface area contributed by atoms with E-state index in [2.05, 4.69) is 10.6 Å². The van der Waals surface area contributed by atoms with E-state index in [1.165, 1.54) is 0 Å². The lowest BCUT2D eigenvalue weighted by molar-refractivity contribution is -0.117. The zero-order valence-electron chi connectivity index (χ0n) is 8.59. The van der Waals surface area contributed by atoms with Crippen LogP contribution in [-0.4, -0.2) is 18.5 Å². The maximum atomic E-state index is 12.8. The second-order valence-corrected chi connectivity index (χ2v) is 3.80. The van der Waals surface area contributed by atoms with Crippen LogP contribution in [0, 0.1) is 11.6 Å². The quantitative estimate of drug-likeness (QED) is 0.805. The van der Waals surface area contributed by atoms with Crippen LogP contribution in [0.15, 0.2) is 18.2 Å². The summed E-state index contributed by atoms with van der Waals surface area (Å²) in [5, 5.41) is 5.49. The molecule has 1 fully saturated rings. The molecule has 0 saturated carbocycles. The van der Waals surface area contributed by atoms with E-state index in [1.807, 2.05) is 0 Å². The molecule has 86 valence electrons. The van der Waals surface area contributed by atoms with E-state index in [0.29, 0.717) is 0 Å². The van der Waals surface area contributed by atoms with Crippen molar-refractivity contribution in [2.45, 2.75) is 18.9 Å². The fourth-order valence-electron chi connectivity index (χ4n) is 1.76. The molecule has 16 heavy (non-hydrogen) atoms. The summed E-state index contributed by atoms with van der Waals surface area (Å²) in [7, 11) is 0. The molecule has 1 aromatic rings. The summed E-state index contributed by atoms with van der Waals surface area (Å²) in [5.41, 5.74) is 0.149. The van der Waals surface area contributed by atoms with Crippen LogP contribution in [0.5, 0.6) is 0 Å². The van der Waals surface area contributed by atoms with Crippen molar-refractivity contribution < 1.29 is 13.6 Å². The molecular weight excluding hydrogens is 214 g/mol. The van der Waals surface area contributed by atoms with Crippen molar-refractivity contribution in [3.8, 4) is 0 Å². The van der Waals surface area contributed by atoms with E-state index >= 15 is 0 Å². The van der Waals surface area contributed by atoms with Gasteiger partial charge in [0, 0.05) is 11.8 Å². The lowest BCUT2D eigenvalue weighted by Crippen LogP contribution is -2.35. The Morgan fingerprint density at radius 3 is 2.56 bits per heavy atom. The van der Waals surface area contributed by atoms with Crippen molar-refractivity contribution >= 4 is 11.6 Å². The third-order valence-corrected chi connectivity index (χ3v) is 2.51. The summed E-state index contributed by atoms with van der Waals surface area (Å²) in [6.07, 6.45) is 1.69. The molecule has 1 heterocycles. The van der Waals surface area contributed by atoms with Gasteiger partial charge in [0.2, 0.25) is 5.91 Å². The first-order valence-corrected chi connectivity index (χ1v) is 5.15. The van der Waals surface area contributed by atoms with Crippen molar-refractivity contribution in [3.63, 3.8) is 0 Å². The molecule has 1 saturated heterocycles. The molecule has 0 unspecified atom stereocenters.